The van der Waals surface area contributed by atoms with Gasteiger partial charge in [0.25, 0.3) is 0 Å². The van der Waals surface area contributed by atoms with Crippen LogP contribution >= 0.6 is 0 Å². The zero-order valence-electron chi connectivity index (χ0n) is 19.1. The van der Waals surface area contributed by atoms with Gasteiger partial charge in [0.1, 0.15) is 0 Å². The molecule has 0 bridgehead atoms. The number of carbonyl (C=O) groups is 1. The maximum atomic E-state index is 13.2. The average molecular weight is 491 g/mol. The minimum Gasteiger partial charge on any atom is -0.493 e. The molecule has 186 valence electrons. The lowest BCUT2D eigenvalue weighted by molar-refractivity contribution is -0.137. The number of hydrogen-bond acceptors (Lipinski definition) is 5. The summed E-state index contributed by atoms with van der Waals surface area (Å²) in [7, 11) is 2.98. The molecule has 1 aliphatic rings. The summed E-state index contributed by atoms with van der Waals surface area (Å²) in [5.41, 5.74) is -0.557. The van der Waals surface area contributed by atoms with Crippen molar-refractivity contribution in [1.82, 2.24) is 19.7 Å². The number of amides is 2. The Balaban J connectivity index is 1.45. The first-order chi connectivity index (χ1) is 16.7. The predicted molar refractivity (Wildman–Crippen MR) is 122 cm³/mol. The van der Waals surface area contributed by atoms with Crippen LogP contribution in [0.1, 0.15) is 24.4 Å². The molecule has 2 amide bonds. The minimum absolute atomic E-state index is 0.0455. The van der Waals surface area contributed by atoms with Crippen LogP contribution < -0.4 is 25.8 Å². The number of carbonyl (C=O) groups excluding carboxylic acids is 1. The van der Waals surface area contributed by atoms with Gasteiger partial charge in [-0.05, 0) is 37.1 Å². The van der Waals surface area contributed by atoms with Crippen LogP contribution in [0.15, 0.2) is 47.3 Å². The van der Waals surface area contributed by atoms with E-state index in [1.165, 1.54) is 30.9 Å². The molecule has 2 N–H and O–H groups in total. The van der Waals surface area contributed by atoms with Crippen LogP contribution in [0.2, 0.25) is 0 Å². The molecule has 1 heterocycles. The molecule has 35 heavy (non-hydrogen) atoms. The third kappa shape index (κ3) is 5.42. The third-order valence-electron chi connectivity index (χ3n) is 5.48. The summed E-state index contributed by atoms with van der Waals surface area (Å²) < 4.78 is 52.4. The van der Waals surface area contributed by atoms with Crippen LogP contribution in [-0.4, -0.2) is 41.1 Å². The normalized spacial score (nSPS) is 13.4. The van der Waals surface area contributed by atoms with Crippen molar-refractivity contribution in [3.05, 3.63) is 58.5 Å². The molecule has 0 saturated heterocycles. The Morgan fingerprint density at radius 3 is 2.51 bits per heavy atom. The fourth-order valence-corrected chi connectivity index (χ4v) is 3.62. The number of aromatic nitrogens is 3. The van der Waals surface area contributed by atoms with Crippen molar-refractivity contribution in [2.45, 2.75) is 31.6 Å². The van der Waals surface area contributed by atoms with Gasteiger partial charge in [-0.15, -0.1) is 5.10 Å². The molecule has 9 nitrogen and oxygen atoms in total. The number of halogens is 3. The number of alkyl halides is 3. The Bertz CT molecular complexity index is 1280. The second-order valence-electron chi connectivity index (χ2n) is 7.96. The third-order valence-corrected chi connectivity index (χ3v) is 5.48. The van der Waals surface area contributed by atoms with Gasteiger partial charge in [0.15, 0.2) is 17.3 Å². The number of nitrogens with one attached hydrogen (secondary N) is 2. The van der Waals surface area contributed by atoms with Crippen LogP contribution in [-0.2, 0) is 12.7 Å². The van der Waals surface area contributed by atoms with Crippen molar-refractivity contribution >= 4 is 11.7 Å². The lowest BCUT2D eigenvalue weighted by atomic mass is 10.1. The second kappa shape index (κ2) is 9.72. The Hall–Kier alpha value is -3.96. The molecule has 0 radical (unpaired) electrons. The van der Waals surface area contributed by atoms with E-state index in [2.05, 4.69) is 15.7 Å². The number of urea groups is 1. The van der Waals surface area contributed by atoms with Crippen molar-refractivity contribution in [2.75, 3.05) is 26.1 Å². The summed E-state index contributed by atoms with van der Waals surface area (Å²) in [5.74, 6) is 1.14. The maximum Gasteiger partial charge on any atom is 0.416 e. The molecule has 12 heteroatoms. The van der Waals surface area contributed by atoms with E-state index in [1.807, 2.05) is 0 Å². The SMILES string of the molecule is COc1ccc(NC(=O)NCCn2nc(-c3cccc(C(F)(F)F)c3)n(C3CC3)c2=O)cc1OC. The fraction of sp³-hybridized carbons (Fsp3) is 0.348. The Morgan fingerprint density at radius 1 is 1.11 bits per heavy atom. The smallest absolute Gasteiger partial charge is 0.416 e. The highest BCUT2D eigenvalue weighted by Crippen LogP contribution is 2.37. The van der Waals surface area contributed by atoms with Gasteiger partial charge in [-0.3, -0.25) is 4.57 Å². The molecule has 3 aromatic rings. The zero-order chi connectivity index (χ0) is 25.2. The summed E-state index contributed by atoms with van der Waals surface area (Å²) >= 11 is 0. The van der Waals surface area contributed by atoms with Gasteiger partial charge in [-0.25, -0.2) is 14.3 Å². The molecule has 1 saturated carbocycles. The average Bonchev–Trinajstić information content (AvgIpc) is 3.62. The molecule has 1 aliphatic carbocycles. The lowest BCUT2D eigenvalue weighted by Gasteiger charge is -2.11. The lowest BCUT2D eigenvalue weighted by Crippen LogP contribution is -2.34. The molecule has 0 spiro atoms. The van der Waals surface area contributed by atoms with Crippen molar-refractivity contribution in [3.63, 3.8) is 0 Å². The van der Waals surface area contributed by atoms with Gasteiger partial charge in [-0.2, -0.15) is 13.2 Å². The number of rotatable bonds is 8. The van der Waals surface area contributed by atoms with E-state index in [-0.39, 0.29) is 30.5 Å². The molecular formula is C23H24F3N5O4. The number of hydrogen-bond donors (Lipinski definition) is 2. The number of benzene rings is 2. The van der Waals surface area contributed by atoms with E-state index in [0.29, 0.717) is 17.2 Å². The molecule has 0 unspecified atom stereocenters. The topological polar surface area (TPSA) is 99.4 Å². The summed E-state index contributed by atoms with van der Waals surface area (Å²) in [5, 5.41) is 9.57. The summed E-state index contributed by atoms with van der Waals surface area (Å²) in [6, 6.07) is 9.03. The Morgan fingerprint density at radius 2 is 1.86 bits per heavy atom. The molecule has 0 atom stereocenters. The molecular weight excluding hydrogens is 467 g/mol. The van der Waals surface area contributed by atoms with E-state index < -0.39 is 23.5 Å². The Kier molecular flexibility index (Phi) is 6.72. The van der Waals surface area contributed by atoms with E-state index in [9.17, 15) is 22.8 Å². The van der Waals surface area contributed by atoms with Gasteiger partial charge in [0, 0.05) is 29.9 Å². The summed E-state index contributed by atoms with van der Waals surface area (Å²) in [4.78, 5) is 25.2. The quantitative estimate of drug-likeness (QED) is 0.498. The van der Waals surface area contributed by atoms with Crippen molar-refractivity contribution in [3.8, 4) is 22.9 Å². The van der Waals surface area contributed by atoms with Crippen LogP contribution in [0.5, 0.6) is 11.5 Å². The minimum atomic E-state index is -4.51. The van der Waals surface area contributed by atoms with Crippen molar-refractivity contribution in [1.29, 1.82) is 0 Å². The molecule has 4 rings (SSSR count). The van der Waals surface area contributed by atoms with E-state index >= 15 is 0 Å². The van der Waals surface area contributed by atoms with Crippen LogP contribution in [0, 0.1) is 0 Å². The van der Waals surface area contributed by atoms with Gasteiger partial charge >= 0.3 is 17.9 Å². The fourth-order valence-electron chi connectivity index (χ4n) is 3.62. The number of nitrogens with zero attached hydrogens (tertiary/aromatic N) is 3. The second-order valence-corrected chi connectivity index (χ2v) is 7.96. The van der Waals surface area contributed by atoms with Crippen LogP contribution in [0.3, 0.4) is 0 Å². The van der Waals surface area contributed by atoms with Crippen molar-refractivity contribution in [2.24, 2.45) is 0 Å². The predicted octanol–water partition coefficient (Wildman–Crippen LogP) is 3.90. The largest absolute Gasteiger partial charge is 0.493 e. The van der Waals surface area contributed by atoms with Gasteiger partial charge < -0.3 is 20.1 Å². The first kappa shape index (κ1) is 24.2. The summed E-state index contributed by atoms with van der Waals surface area (Å²) in [6.07, 6.45) is -3.00. The van der Waals surface area contributed by atoms with Gasteiger partial charge in [0.05, 0.1) is 26.3 Å². The standard InChI is InChI=1S/C23H24F3N5O4/c1-34-18-9-6-16(13-19(18)35-2)28-21(32)27-10-11-30-22(33)31(17-7-8-17)20(29-30)14-4-3-5-15(12-14)23(24,25)26/h3-6,9,12-13,17H,7-8,10-11H2,1-2H3,(H2,27,28,32). The molecule has 0 aliphatic heterocycles. The molecule has 1 aromatic heterocycles. The highest BCUT2D eigenvalue weighted by Gasteiger charge is 2.33. The highest BCUT2D eigenvalue weighted by atomic mass is 19.4. The van der Waals surface area contributed by atoms with E-state index in [1.54, 1.807) is 18.2 Å². The number of methoxy groups -OCH3 is 2. The first-order valence-electron chi connectivity index (χ1n) is 10.8. The van der Waals surface area contributed by atoms with Crippen LogP contribution in [0.25, 0.3) is 11.4 Å². The zero-order valence-corrected chi connectivity index (χ0v) is 19.1. The monoisotopic (exact) mass is 491 g/mol. The highest BCUT2D eigenvalue weighted by molar-refractivity contribution is 5.89. The van der Waals surface area contributed by atoms with Crippen LogP contribution in [0.4, 0.5) is 23.7 Å². The molecule has 2 aromatic carbocycles. The number of anilines is 1. The van der Waals surface area contributed by atoms with Gasteiger partial charge in [-0.1, -0.05) is 12.1 Å². The van der Waals surface area contributed by atoms with E-state index in [4.69, 9.17) is 9.47 Å². The van der Waals surface area contributed by atoms with Crippen molar-refractivity contribution < 1.29 is 27.4 Å². The van der Waals surface area contributed by atoms with Gasteiger partial charge in [0.2, 0.25) is 0 Å². The first-order valence-corrected chi connectivity index (χ1v) is 10.8. The number of ether oxygens (including phenoxy) is 2. The molecule has 1 fully saturated rings. The summed E-state index contributed by atoms with van der Waals surface area (Å²) in [6.45, 7) is 0.118. The van der Waals surface area contributed by atoms with E-state index in [0.717, 1.165) is 29.7 Å². The maximum absolute atomic E-state index is 13.2. The Labute approximate surface area is 198 Å².